The maximum atomic E-state index is 10.2. The van der Waals surface area contributed by atoms with Crippen LogP contribution in [-0.2, 0) is 6.42 Å². The highest BCUT2D eigenvalue weighted by Crippen LogP contribution is 2.48. The van der Waals surface area contributed by atoms with E-state index in [1.807, 2.05) is 13.0 Å². The van der Waals surface area contributed by atoms with Gasteiger partial charge in [-0.05, 0) is 27.2 Å². The van der Waals surface area contributed by atoms with Crippen LogP contribution < -0.4 is 14.2 Å². The van der Waals surface area contributed by atoms with Crippen molar-refractivity contribution in [1.29, 1.82) is 0 Å². The molecule has 0 aliphatic carbocycles. The number of benzene rings is 1. The van der Waals surface area contributed by atoms with Gasteiger partial charge in [0.15, 0.2) is 11.5 Å². The largest absolute Gasteiger partial charge is 0.504 e. The minimum Gasteiger partial charge on any atom is -0.504 e. The van der Waals surface area contributed by atoms with Gasteiger partial charge in [0, 0.05) is 11.1 Å². The van der Waals surface area contributed by atoms with Gasteiger partial charge in [0.05, 0.1) is 21.3 Å². The molecule has 0 saturated heterocycles. The van der Waals surface area contributed by atoms with Gasteiger partial charge in [-0.15, -0.1) is 0 Å². The van der Waals surface area contributed by atoms with Gasteiger partial charge in [-0.1, -0.05) is 11.6 Å². The summed E-state index contributed by atoms with van der Waals surface area (Å²) in [6.45, 7) is 9.26. The molecular formula is C15H20O4. The van der Waals surface area contributed by atoms with Crippen LogP contribution in [0.25, 0.3) is 0 Å². The van der Waals surface area contributed by atoms with E-state index in [1.165, 1.54) is 14.2 Å². The van der Waals surface area contributed by atoms with Crippen molar-refractivity contribution in [2.45, 2.75) is 20.3 Å². The monoisotopic (exact) mass is 264 g/mol. The quantitative estimate of drug-likeness (QED) is 0.888. The Kier molecular flexibility index (Phi) is 5.10. The van der Waals surface area contributed by atoms with Gasteiger partial charge in [0.25, 0.3) is 0 Å². The number of phenols is 1. The van der Waals surface area contributed by atoms with E-state index >= 15 is 0 Å². The van der Waals surface area contributed by atoms with Crippen LogP contribution in [0.5, 0.6) is 23.0 Å². The summed E-state index contributed by atoms with van der Waals surface area (Å²) in [6.07, 6.45) is 2.40. The standard InChI is InChI=1S/C15H20O4/c1-9(2)7-8-11-10(3)12(16)14(18-5)15(19-6)13(11)17-4/h1,7,16H,8H2,2-6H3/b9-7-. The SMILES string of the molecule is [CH]/C(C)=C/Cc1c(C)c(O)c(OC)c(OC)c1OC. The lowest BCUT2D eigenvalue weighted by Gasteiger charge is -2.19. The molecule has 1 aromatic rings. The van der Waals surface area contributed by atoms with Crippen molar-refractivity contribution in [3.05, 3.63) is 29.7 Å². The van der Waals surface area contributed by atoms with Crippen molar-refractivity contribution in [3.63, 3.8) is 0 Å². The first-order valence-electron chi connectivity index (χ1n) is 5.90. The molecule has 0 aromatic heterocycles. The molecule has 0 unspecified atom stereocenters. The van der Waals surface area contributed by atoms with Crippen LogP contribution in [0.15, 0.2) is 11.6 Å². The minimum atomic E-state index is 0.0539. The van der Waals surface area contributed by atoms with E-state index in [4.69, 9.17) is 21.1 Å². The summed E-state index contributed by atoms with van der Waals surface area (Å²) in [6, 6.07) is 0. The second-order valence-electron chi connectivity index (χ2n) is 4.20. The van der Waals surface area contributed by atoms with Gasteiger partial charge in [-0.2, -0.15) is 0 Å². The molecule has 1 aromatic carbocycles. The molecule has 104 valence electrons. The van der Waals surface area contributed by atoms with Crippen LogP contribution in [0.1, 0.15) is 18.1 Å². The second-order valence-corrected chi connectivity index (χ2v) is 4.20. The van der Waals surface area contributed by atoms with E-state index in [9.17, 15) is 5.11 Å². The van der Waals surface area contributed by atoms with Crippen molar-refractivity contribution in [3.8, 4) is 23.0 Å². The van der Waals surface area contributed by atoms with E-state index in [1.54, 1.807) is 14.0 Å². The molecule has 2 radical (unpaired) electrons. The van der Waals surface area contributed by atoms with Gasteiger partial charge in [0.2, 0.25) is 11.5 Å². The lowest BCUT2D eigenvalue weighted by atomic mass is 10.0. The summed E-state index contributed by atoms with van der Waals surface area (Å²) >= 11 is 0. The van der Waals surface area contributed by atoms with E-state index in [0.717, 1.165) is 5.56 Å². The molecule has 19 heavy (non-hydrogen) atoms. The molecule has 0 aliphatic heterocycles. The molecule has 4 nitrogen and oxygen atoms in total. The van der Waals surface area contributed by atoms with Gasteiger partial charge in [0.1, 0.15) is 0 Å². The highest BCUT2D eigenvalue weighted by Gasteiger charge is 2.23. The lowest BCUT2D eigenvalue weighted by molar-refractivity contribution is 0.307. The molecule has 0 spiro atoms. The number of rotatable bonds is 5. The number of hydrogen-bond acceptors (Lipinski definition) is 4. The number of aromatic hydroxyl groups is 1. The Hall–Kier alpha value is -1.84. The topological polar surface area (TPSA) is 47.9 Å². The zero-order chi connectivity index (χ0) is 14.6. The highest BCUT2D eigenvalue weighted by atomic mass is 16.5. The Bertz CT molecular complexity index is 486. The molecule has 4 heteroatoms. The first kappa shape index (κ1) is 15.2. The summed E-state index contributed by atoms with van der Waals surface area (Å²) in [5.41, 5.74) is 2.21. The fourth-order valence-corrected chi connectivity index (χ4v) is 1.93. The maximum absolute atomic E-state index is 10.2. The van der Waals surface area contributed by atoms with Crippen LogP contribution in [0.4, 0.5) is 0 Å². The summed E-state index contributed by atoms with van der Waals surface area (Å²) in [4.78, 5) is 0. The predicted molar refractivity (Wildman–Crippen MR) is 74.3 cm³/mol. The average Bonchev–Trinajstić information content (AvgIpc) is 2.39. The van der Waals surface area contributed by atoms with Crippen LogP contribution in [0, 0.1) is 13.8 Å². The Balaban J connectivity index is 3.53. The molecule has 0 heterocycles. The van der Waals surface area contributed by atoms with E-state index in [2.05, 4.69) is 0 Å². The van der Waals surface area contributed by atoms with Gasteiger partial charge < -0.3 is 19.3 Å². The van der Waals surface area contributed by atoms with E-state index in [-0.39, 0.29) is 11.5 Å². The van der Waals surface area contributed by atoms with Crippen molar-refractivity contribution in [2.24, 2.45) is 0 Å². The van der Waals surface area contributed by atoms with Crippen LogP contribution in [0.2, 0.25) is 0 Å². The predicted octanol–water partition coefficient (Wildman–Crippen LogP) is 2.93. The Morgan fingerprint density at radius 1 is 1.11 bits per heavy atom. The molecule has 1 rings (SSSR count). The van der Waals surface area contributed by atoms with Crippen molar-refractivity contribution in [1.82, 2.24) is 0 Å². The van der Waals surface area contributed by atoms with Gasteiger partial charge in [-0.3, -0.25) is 0 Å². The smallest absolute Gasteiger partial charge is 0.207 e. The zero-order valence-corrected chi connectivity index (χ0v) is 12.0. The number of hydrogen-bond donors (Lipinski definition) is 1. The van der Waals surface area contributed by atoms with Crippen molar-refractivity contribution >= 4 is 0 Å². The van der Waals surface area contributed by atoms with Crippen LogP contribution in [0.3, 0.4) is 0 Å². The summed E-state index contributed by atoms with van der Waals surface area (Å²) in [5.74, 6) is 1.26. The van der Waals surface area contributed by atoms with Gasteiger partial charge >= 0.3 is 0 Å². The number of phenolic OH excluding ortho intramolecular Hbond substituents is 1. The summed E-state index contributed by atoms with van der Waals surface area (Å²) < 4.78 is 15.8. The second kappa shape index (κ2) is 6.36. The molecule has 0 bridgehead atoms. The number of methoxy groups -OCH3 is 3. The zero-order valence-electron chi connectivity index (χ0n) is 12.0. The lowest BCUT2D eigenvalue weighted by Crippen LogP contribution is -2.02. The third kappa shape index (κ3) is 2.95. The fraction of sp³-hybridized carbons (Fsp3) is 0.400. The normalized spacial score (nSPS) is 11.4. The maximum Gasteiger partial charge on any atom is 0.207 e. The molecular weight excluding hydrogens is 244 g/mol. The average molecular weight is 264 g/mol. The van der Waals surface area contributed by atoms with E-state index in [0.29, 0.717) is 29.1 Å². The van der Waals surface area contributed by atoms with Crippen molar-refractivity contribution < 1.29 is 19.3 Å². The Morgan fingerprint density at radius 3 is 2.05 bits per heavy atom. The molecule has 0 atom stereocenters. The first-order valence-corrected chi connectivity index (χ1v) is 5.90. The van der Waals surface area contributed by atoms with Crippen LogP contribution in [-0.4, -0.2) is 26.4 Å². The van der Waals surface area contributed by atoms with Gasteiger partial charge in [-0.25, -0.2) is 0 Å². The first-order chi connectivity index (χ1) is 8.97. The number of allylic oxidation sites excluding steroid dienone is 2. The third-order valence-electron chi connectivity index (χ3n) is 2.95. The Morgan fingerprint density at radius 2 is 1.63 bits per heavy atom. The van der Waals surface area contributed by atoms with Crippen molar-refractivity contribution in [2.75, 3.05) is 21.3 Å². The summed E-state index contributed by atoms with van der Waals surface area (Å²) in [5, 5.41) is 10.2. The summed E-state index contributed by atoms with van der Waals surface area (Å²) in [7, 11) is 4.53. The third-order valence-corrected chi connectivity index (χ3v) is 2.95. The molecule has 1 N–H and O–H groups in total. The Labute approximate surface area is 114 Å². The minimum absolute atomic E-state index is 0.0539. The van der Waals surface area contributed by atoms with E-state index < -0.39 is 0 Å². The molecule has 0 aliphatic rings. The molecule has 0 saturated carbocycles. The highest BCUT2D eigenvalue weighted by molar-refractivity contribution is 5.66. The number of ether oxygens (including phenoxy) is 3. The molecule has 0 fully saturated rings. The fourth-order valence-electron chi connectivity index (χ4n) is 1.93. The van der Waals surface area contributed by atoms with Crippen LogP contribution >= 0.6 is 0 Å². The molecule has 0 amide bonds.